The van der Waals surface area contributed by atoms with E-state index < -0.39 is 21.3 Å². The van der Waals surface area contributed by atoms with Crippen LogP contribution >= 0.6 is 12.2 Å². The molecule has 2 rings (SSSR count). The minimum atomic E-state index is -4.08. The van der Waals surface area contributed by atoms with E-state index in [2.05, 4.69) is 18.1 Å². The predicted molar refractivity (Wildman–Crippen MR) is 79.1 cm³/mol. The number of Topliss-reactive ketones (excluding diaryl/α,β-unsaturated/α-hetero) is 1. The quantitative estimate of drug-likeness (QED) is 0.241. The first-order chi connectivity index (χ1) is 8.96. The van der Waals surface area contributed by atoms with Crippen molar-refractivity contribution in [3.8, 4) is 0 Å². The lowest BCUT2D eigenvalue weighted by Gasteiger charge is -2.35. The fourth-order valence-corrected chi connectivity index (χ4v) is 4.72. The number of ketones is 1. The van der Waals surface area contributed by atoms with E-state index in [1.165, 1.54) is 0 Å². The van der Waals surface area contributed by atoms with Crippen molar-refractivity contribution < 1.29 is 17.8 Å². The summed E-state index contributed by atoms with van der Waals surface area (Å²) in [5.41, 5.74) is 5.70. The smallest absolute Gasteiger partial charge is 0.265 e. The molecule has 0 aliphatic heterocycles. The van der Waals surface area contributed by atoms with Crippen LogP contribution in [0.2, 0.25) is 0 Å². The Hall–Kier alpha value is -0.770. The van der Waals surface area contributed by atoms with E-state index in [-0.39, 0.29) is 22.2 Å². The average Bonchev–Trinajstić information content (AvgIpc) is 2.61. The van der Waals surface area contributed by atoms with E-state index in [9.17, 15) is 13.2 Å². The highest BCUT2D eigenvalue weighted by Crippen LogP contribution is 2.64. The van der Waals surface area contributed by atoms with Gasteiger partial charge in [0.25, 0.3) is 10.1 Å². The van der Waals surface area contributed by atoms with E-state index >= 15 is 0 Å². The summed E-state index contributed by atoms with van der Waals surface area (Å²) in [6.45, 7) is 3.89. The number of hydrogen-bond donors (Lipinski definition) is 4. The van der Waals surface area contributed by atoms with E-state index in [1.807, 2.05) is 19.3 Å². The summed E-state index contributed by atoms with van der Waals surface area (Å²) in [5, 5.41) is 0.116. The number of thiocarbonyl (C=S) groups is 1. The molecule has 2 fully saturated rings. The second-order valence-electron chi connectivity index (χ2n) is 5.90. The second kappa shape index (κ2) is 5.55. The van der Waals surface area contributed by atoms with Gasteiger partial charge in [-0.1, -0.05) is 13.8 Å². The van der Waals surface area contributed by atoms with Crippen LogP contribution in [-0.4, -0.2) is 29.6 Å². The maximum Gasteiger partial charge on any atom is 0.265 e. The zero-order chi connectivity index (χ0) is 15.8. The lowest BCUT2D eigenvalue weighted by molar-refractivity contribution is -0.128. The van der Waals surface area contributed by atoms with Crippen LogP contribution in [0, 0.1) is 16.7 Å². The Kier molecular flexibility index (Phi) is 4.79. The summed E-state index contributed by atoms with van der Waals surface area (Å²) in [7, 11) is -4.08. The largest absolute Gasteiger partial charge is 0.375 e. The highest BCUT2D eigenvalue weighted by Gasteiger charge is 2.65. The van der Waals surface area contributed by atoms with Crippen molar-refractivity contribution in [2.24, 2.45) is 28.3 Å². The SMILES string of the molecule is CC1(C)C2CCC1(CS(=O)(=O)O)C(=O)C2.NNC(N)=S. The Morgan fingerprint density at radius 1 is 1.55 bits per heavy atom. The number of rotatable bonds is 2. The van der Waals surface area contributed by atoms with Crippen LogP contribution in [0.4, 0.5) is 0 Å². The highest BCUT2D eigenvalue weighted by molar-refractivity contribution is 7.85. The molecule has 20 heavy (non-hydrogen) atoms. The molecule has 0 saturated heterocycles. The summed E-state index contributed by atoms with van der Waals surface area (Å²) in [6, 6.07) is 0. The van der Waals surface area contributed by atoms with Gasteiger partial charge in [-0.2, -0.15) is 8.42 Å². The molecule has 9 heteroatoms. The van der Waals surface area contributed by atoms with Crippen molar-refractivity contribution in [2.45, 2.75) is 33.1 Å². The molecule has 2 bridgehead atoms. The maximum atomic E-state index is 11.9. The number of hydrogen-bond acceptors (Lipinski definition) is 5. The van der Waals surface area contributed by atoms with Gasteiger partial charge in [-0.05, 0) is 36.4 Å². The van der Waals surface area contributed by atoms with Gasteiger partial charge in [0.1, 0.15) is 5.78 Å². The number of fused-ring (bicyclic) bond motifs is 2. The van der Waals surface area contributed by atoms with Crippen LogP contribution in [0.25, 0.3) is 0 Å². The lowest BCUT2D eigenvalue weighted by Crippen LogP contribution is -2.42. The first-order valence-electron chi connectivity index (χ1n) is 6.21. The van der Waals surface area contributed by atoms with Crippen LogP contribution in [0.1, 0.15) is 33.1 Å². The van der Waals surface area contributed by atoms with Gasteiger partial charge in [-0.3, -0.25) is 9.35 Å². The Morgan fingerprint density at radius 3 is 2.30 bits per heavy atom. The van der Waals surface area contributed by atoms with Crippen molar-refractivity contribution >= 4 is 33.2 Å². The minimum Gasteiger partial charge on any atom is -0.375 e. The van der Waals surface area contributed by atoms with Crippen LogP contribution in [-0.2, 0) is 14.9 Å². The molecule has 0 radical (unpaired) electrons. The first-order valence-corrected chi connectivity index (χ1v) is 8.22. The molecule has 0 aromatic carbocycles. The molecule has 2 unspecified atom stereocenters. The van der Waals surface area contributed by atoms with Gasteiger partial charge < -0.3 is 11.2 Å². The zero-order valence-corrected chi connectivity index (χ0v) is 13.2. The van der Waals surface area contributed by atoms with Crippen molar-refractivity contribution in [3.05, 3.63) is 0 Å². The molecule has 0 heterocycles. The number of carbonyl (C=O) groups excluding carboxylic acids is 1. The molecule has 7 nitrogen and oxygen atoms in total. The highest BCUT2D eigenvalue weighted by atomic mass is 32.2. The molecule has 2 atom stereocenters. The van der Waals surface area contributed by atoms with Crippen LogP contribution in [0.5, 0.6) is 0 Å². The number of nitrogens with two attached hydrogens (primary N) is 2. The minimum absolute atomic E-state index is 0.0152. The predicted octanol–water partition coefficient (Wildman–Crippen LogP) is -0.0371. The zero-order valence-electron chi connectivity index (χ0n) is 11.5. The summed E-state index contributed by atoms with van der Waals surface area (Å²) in [4.78, 5) is 11.9. The molecule has 6 N–H and O–H groups in total. The summed E-state index contributed by atoms with van der Waals surface area (Å²) < 4.78 is 31.0. The van der Waals surface area contributed by atoms with Gasteiger partial charge in [0.2, 0.25) is 0 Å². The fraction of sp³-hybridized carbons (Fsp3) is 0.818. The van der Waals surface area contributed by atoms with Gasteiger partial charge in [0.15, 0.2) is 5.11 Å². The maximum absolute atomic E-state index is 11.9. The third-order valence-electron chi connectivity index (χ3n) is 4.71. The van der Waals surface area contributed by atoms with Crippen LogP contribution in [0.3, 0.4) is 0 Å². The van der Waals surface area contributed by atoms with Gasteiger partial charge >= 0.3 is 0 Å². The van der Waals surface area contributed by atoms with E-state index in [0.29, 0.717) is 12.8 Å². The average molecular weight is 323 g/mol. The molecule has 2 saturated carbocycles. The topological polar surface area (TPSA) is 136 Å². The molecule has 2 aliphatic carbocycles. The Labute approximate surface area is 124 Å². The normalized spacial score (nSPS) is 30.6. The third-order valence-corrected chi connectivity index (χ3v) is 5.69. The Balaban J connectivity index is 0.000000347. The van der Waals surface area contributed by atoms with E-state index in [0.717, 1.165) is 6.42 Å². The molecule has 2 aliphatic rings. The summed E-state index contributed by atoms with van der Waals surface area (Å²) in [5.74, 6) is 4.55. The molecule has 0 amide bonds. The van der Waals surface area contributed by atoms with Crippen molar-refractivity contribution in [1.29, 1.82) is 0 Å². The molecular weight excluding hydrogens is 302 g/mol. The molecule has 0 aromatic heterocycles. The molecular formula is C11H21N3O4S2. The first kappa shape index (κ1) is 17.3. The van der Waals surface area contributed by atoms with Gasteiger partial charge in [-0.15, -0.1) is 0 Å². The number of carbonyl (C=O) groups is 1. The van der Waals surface area contributed by atoms with Crippen molar-refractivity contribution in [3.63, 3.8) is 0 Å². The molecule has 116 valence electrons. The van der Waals surface area contributed by atoms with Crippen molar-refractivity contribution in [2.75, 3.05) is 5.75 Å². The van der Waals surface area contributed by atoms with Crippen LogP contribution in [0.15, 0.2) is 0 Å². The molecule has 0 aromatic rings. The standard InChI is InChI=1S/C10H16O4S.CH5N3S/c1-9(2)7-3-4-10(9,8(11)5-7)6-15(12,13)14;2-1(5)4-3/h7H,3-6H2,1-2H3,(H,12,13,14);3H2,(H3,2,4,5). The molecule has 0 spiro atoms. The lowest BCUT2D eigenvalue weighted by atomic mass is 9.70. The Morgan fingerprint density at radius 2 is 2.05 bits per heavy atom. The monoisotopic (exact) mass is 323 g/mol. The van der Waals surface area contributed by atoms with E-state index in [1.54, 1.807) is 0 Å². The van der Waals surface area contributed by atoms with Gasteiger partial charge in [-0.25, -0.2) is 5.84 Å². The fourth-order valence-electron chi connectivity index (χ4n) is 3.42. The van der Waals surface area contributed by atoms with Gasteiger partial charge in [0.05, 0.1) is 11.2 Å². The number of nitrogens with one attached hydrogen (secondary N) is 1. The number of hydrazine groups is 1. The second-order valence-corrected chi connectivity index (χ2v) is 7.79. The summed E-state index contributed by atoms with van der Waals surface area (Å²) in [6.07, 6.45) is 1.97. The van der Waals surface area contributed by atoms with Crippen molar-refractivity contribution in [1.82, 2.24) is 5.43 Å². The van der Waals surface area contributed by atoms with Crippen LogP contribution < -0.4 is 17.0 Å². The van der Waals surface area contributed by atoms with E-state index in [4.69, 9.17) is 10.3 Å². The van der Waals surface area contributed by atoms with Gasteiger partial charge in [0, 0.05) is 6.42 Å². The third kappa shape index (κ3) is 3.11. The summed E-state index contributed by atoms with van der Waals surface area (Å²) >= 11 is 4.24. The Bertz CT molecular complexity index is 518.